The number of nitrogens with zero attached hydrogens (tertiary/aromatic N) is 1. The Morgan fingerprint density at radius 2 is 1.96 bits per heavy atom. The van der Waals surface area contributed by atoms with E-state index in [9.17, 15) is 9.59 Å². The Morgan fingerprint density at radius 1 is 1.25 bits per heavy atom. The molecule has 2 aromatic carbocycles. The van der Waals surface area contributed by atoms with Gasteiger partial charge < -0.3 is 15.0 Å². The molecule has 0 aromatic heterocycles. The van der Waals surface area contributed by atoms with Gasteiger partial charge in [0.05, 0.1) is 5.02 Å². The van der Waals surface area contributed by atoms with Crippen LogP contribution in [0.5, 0.6) is 5.75 Å². The second-order valence-corrected chi connectivity index (χ2v) is 7.70. The van der Waals surface area contributed by atoms with Crippen LogP contribution in [0.25, 0.3) is 0 Å². The molecule has 0 aliphatic carbocycles. The van der Waals surface area contributed by atoms with E-state index in [-0.39, 0.29) is 18.4 Å². The summed E-state index contributed by atoms with van der Waals surface area (Å²) in [4.78, 5) is 26.8. The SMILES string of the molecule is CCNC(=O)C(C)N(Cc1ccccc1C)C(=O)COc1ccc(Br)cc1Cl. The molecule has 2 aromatic rings. The number of hydrogen-bond acceptors (Lipinski definition) is 3. The summed E-state index contributed by atoms with van der Waals surface area (Å²) in [6.07, 6.45) is 0. The van der Waals surface area contributed by atoms with E-state index < -0.39 is 6.04 Å². The molecule has 2 amide bonds. The second-order valence-electron chi connectivity index (χ2n) is 6.38. The zero-order chi connectivity index (χ0) is 20.7. The monoisotopic (exact) mass is 466 g/mol. The van der Waals surface area contributed by atoms with Crippen LogP contribution in [0.3, 0.4) is 0 Å². The lowest BCUT2D eigenvalue weighted by atomic mass is 10.1. The number of rotatable bonds is 8. The second kappa shape index (κ2) is 10.5. The first-order valence-electron chi connectivity index (χ1n) is 9.03. The average Bonchev–Trinajstić information content (AvgIpc) is 2.66. The molecule has 1 N–H and O–H groups in total. The number of halogens is 2. The van der Waals surface area contributed by atoms with Crippen LogP contribution in [0.4, 0.5) is 0 Å². The first-order chi connectivity index (χ1) is 13.3. The number of nitrogens with one attached hydrogen (secondary N) is 1. The topological polar surface area (TPSA) is 58.6 Å². The van der Waals surface area contributed by atoms with Gasteiger partial charge >= 0.3 is 0 Å². The van der Waals surface area contributed by atoms with Gasteiger partial charge in [0.15, 0.2) is 6.61 Å². The fourth-order valence-corrected chi connectivity index (χ4v) is 3.42. The van der Waals surface area contributed by atoms with Crippen molar-refractivity contribution < 1.29 is 14.3 Å². The summed E-state index contributed by atoms with van der Waals surface area (Å²) in [5.74, 6) is -0.0770. The standard InChI is InChI=1S/C21H24BrClN2O3/c1-4-24-21(27)15(3)25(12-16-8-6-5-7-14(16)2)20(26)13-28-19-10-9-17(22)11-18(19)23/h5-11,15H,4,12-13H2,1-3H3,(H,24,27). The summed E-state index contributed by atoms with van der Waals surface area (Å²) < 4.78 is 6.44. The smallest absolute Gasteiger partial charge is 0.261 e. The van der Waals surface area contributed by atoms with E-state index in [0.29, 0.717) is 23.9 Å². The highest BCUT2D eigenvalue weighted by Crippen LogP contribution is 2.27. The summed E-state index contributed by atoms with van der Waals surface area (Å²) in [6.45, 7) is 6.15. The normalized spacial score (nSPS) is 11.6. The first kappa shape index (κ1) is 22.2. The summed E-state index contributed by atoms with van der Waals surface area (Å²) in [5, 5.41) is 3.18. The molecule has 0 heterocycles. The molecule has 1 atom stereocenters. The summed E-state index contributed by atoms with van der Waals surface area (Å²) in [6, 6.07) is 12.3. The highest BCUT2D eigenvalue weighted by atomic mass is 79.9. The predicted octanol–water partition coefficient (Wildman–Crippen LogP) is 4.34. The van der Waals surface area contributed by atoms with Crippen LogP contribution in [0, 0.1) is 6.92 Å². The molecular weight excluding hydrogens is 444 g/mol. The van der Waals surface area contributed by atoms with E-state index in [2.05, 4.69) is 21.2 Å². The summed E-state index contributed by atoms with van der Waals surface area (Å²) in [7, 11) is 0. The van der Waals surface area contributed by atoms with Crippen LogP contribution in [-0.4, -0.2) is 35.9 Å². The molecule has 0 aliphatic rings. The summed E-state index contributed by atoms with van der Waals surface area (Å²) >= 11 is 9.49. The Bertz CT molecular complexity index is 844. The Balaban J connectivity index is 2.18. The zero-order valence-corrected chi connectivity index (χ0v) is 18.5. The number of carbonyl (C=O) groups is 2. The first-order valence-corrected chi connectivity index (χ1v) is 10.2. The predicted molar refractivity (Wildman–Crippen MR) is 115 cm³/mol. The maximum Gasteiger partial charge on any atom is 0.261 e. The lowest BCUT2D eigenvalue weighted by molar-refractivity contribution is -0.142. The molecule has 0 radical (unpaired) electrons. The van der Waals surface area contributed by atoms with Gasteiger partial charge in [-0.05, 0) is 50.1 Å². The van der Waals surface area contributed by atoms with Crippen molar-refractivity contribution >= 4 is 39.3 Å². The zero-order valence-electron chi connectivity index (χ0n) is 16.2. The number of likely N-dealkylation sites (N-methyl/N-ethyl adjacent to an activating group) is 1. The molecule has 0 bridgehead atoms. The molecule has 0 fully saturated rings. The van der Waals surface area contributed by atoms with Crippen LogP contribution in [0.2, 0.25) is 5.02 Å². The highest BCUT2D eigenvalue weighted by Gasteiger charge is 2.26. The molecular formula is C21H24BrClN2O3. The number of amides is 2. The molecule has 0 saturated carbocycles. The van der Waals surface area contributed by atoms with Crippen molar-refractivity contribution in [1.82, 2.24) is 10.2 Å². The number of hydrogen-bond donors (Lipinski definition) is 1. The fourth-order valence-electron chi connectivity index (χ4n) is 2.69. The maximum absolute atomic E-state index is 12.9. The molecule has 0 aliphatic heterocycles. The molecule has 150 valence electrons. The van der Waals surface area contributed by atoms with Crippen molar-refractivity contribution in [1.29, 1.82) is 0 Å². The Labute approximate surface area is 179 Å². The Kier molecular flexibility index (Phi) is 8.33. The van der Waals surface area contributed by atoms with E-state index in [0.717, 1.165) is 15.6 Å². The Hall–Kier alpha value is -2.05. The van der Waals surface area contributed by atoms with Gasteiger partial charge in [-0.25, -0.2) is 0 Å². The summed E-state index contributed by atoms with van der Waals surface area (Å²) in [5.41, 5.74) is 2.04. The van der Waals surface area contributed by atoms with Crippen molar-refractivity contribution in [2.75, 3.05) is 13.2 Å². The third-order valence-corrected chi connectivity index (χ3v) is 5.15. The molecule has 0 spiro atoms. The van der Waals surface area contributed by atoms with Crippen LogP contribution in [0.15, 0.2) is 46.9 Å². The minimum atomic E-state index is -0.629. The van der Waals surface area contributed by atoms with Crippen molar-refractivity contribution in [2.24, 2.45) is 0 Å². The van der Waals surface area contributed by atoms with Gasteiger partial charge in [0.2, 0.25) is 5.91 Å². The molecule has 2 rings (SSSR count). The number of ether oxygens (including phenoxy) is 1. The van der Waals surface area contributed by atoms with E-state index >= 15 is 0 Å². The van der Waals surface area contributed by atoms with Crippen LogP contribution in [-0.2, 0) is 16.1 Å². The van der Waals surface area contributed by atoms with E-state index in [1.54, 1.807) is 25.1 Å². The van der Waals surface area contributed by atoms with Gasteiger partial charge in [-0.3, -0.25) is 9.59 Å². The highest BCUT2D eigenvalue weighted by molar-refractivity contribution is 9.10. The van der Waals surface area contributed by atoms with Gasteiger partial charge in [0.1, 0.15) is 11.8 Å². The van der Waals surface area contributed by atoms with Crippen molar-refractivity contribution in [2.45, 2.75) is 33.4 Å². The fraction of sp³-hybridized carbons (Fsp3) is 0.333. The molecule has 28 heavy (non-hydrogen) atoms. The third-order valence-electron chi connectivity index (χ3n) is 4.37. The van der Waals surface area contributed by atoms with Gasteiger partial charge in [-0.2, -0.15) is 0 Å². The largest absolute Gasteiger partial charge is 0.482 e. The van der Waals surface area contributed by atoms with Crippen molar-refractivity contribution in [3.05, 3.63) is 63.1 Å². The number of benzene rings is 2. The minimum absolute atomic E-state index is 0.203. The average molecular weight is 468 g/mol. The van der Waals surface area contributed by atoms with E-state index in [1.807, 2.05) is 38.1 Å². The maximum atomic E-state index is 12.9. The van der Waals surface area contributed by atoms with E-state index in [1.165, 1.54) is 4.90 Å². The Morgan fingerprint density at radius 3 is 2.61 bits per heavy atom. The third kappa shape index (κ3) is 5.97. The minimum Gasteiger partial charge on any atom is -0.482 e. The van der Waals surface area contributed by atoms with Gasteiger partial charge in [-0.1, -0.05) is 51.8 Å². The van der Waals surface area contributed by atoms with Gasteiger partial charge in [0, 0.05) is 17.6 Å². The van der Waals surface area contributed by atoms with E-state index in [4.69, 9.17) is 16.3 Å². The van der Waals surface area contributed by atoms with Gasteiger partial charge in [-0.15, -0.1) is 0 Å². The van der Waals surface area contributed by atoms with Crippen LogP contribution in [0.1, 0.15) is 25.0 Å². The molecule has 0 saturated heterocycles. The quantitative estimate of drug-likeness (QED) is 0.628. The lowest BCUT2D eigenvalue weighted by Gasteiger charge is -2.29. The van der Waals surface area contributed by atoms with Crippen molar-refractivity contribution in [3.8, 4) is 5.75 Å². The number of aryl methyl sites for hydroxylation is 1. The van der Waals surface area contributed by atoms with Crippen LogP contribution >= 0.6 is 27.5 Å². The number of carbonyl (C=O) groups excluding carboxylic acids is 2. The molecule has 1 unspecified atom stereocenters. The van der Waals surface area contributed by atoms with Gasteiger partial charge in [0.25, 0.3) is 5.91 Å². The molecule has 7 heteroatoms. The molecule has 5 nitrogen and oxygen atoms in total. The van der Waals surface area contributed by atoms with Crippen LogP contribution < -0.4 is 10.1 Å². The van der Waals surface area contributed by atoms with Crippen molar-refractivity contribution in [3.63, 3.8) is 0 Å². The lowest BCUT2D eigenvalue weighted by Crippen LogP contribution is -2.49.